The number of aromatic nitrogens is 1. The molecule has 2 N–H and O–H groups in total. The third-order valence-corrected chi connectivity index (χ3v) is 4.61. The van der Waals surface area contributed by atoms with Gasteiger partial charge in [0.15, 0.2) is 0 Å². The average Bonchev–Trinajstić information content (AvgIpc) is 3.15. The summed E-state index contributed by atoms with van der Waals surface area (Å²) in [6.45, 7) is 0.0335. The van der Waals surface area contributed by atoms with Crippen molar-refractivity contribution >= 4 is 49.3 Å². The Bertz CT molecular complexity index is 697. The highest BCUT2D eigenvalue weighted by Crippen LogP contribution is 2.25. The normalized spacial score (nSPS) is 14.1. The first-order valence-corrected chi connectivity index (χ1v) is 8.32. The fourth-order valence-electron chi connectivity index (χ4n) is 1.91. The summed E-state index contributed by atoms with van der Waals surface area (Å²) in [4.78, 5) is 27.7. The van der Waals surface area contributed by atoms with E-state index in [0.717, 1.165) is 32.5 Å². The van der Waals surface area contributed by atoms with Gasteiger partial charge in [0, 0.05) is 10.5 Å². The van der Waals surface area contributed by atoms with Gasteiger partial charge in [-0.1, -0.05) is 15.9 Å². The zero-order valence-electron chi connectivity index (χ0n) is 11.2. The minimum Gasteiger partial charge on any atom is -0.352 e. The monoisotopic (exact) mass is 367 g/mol. The van der Waals surface area contributed by atoms with Crippen LogP contribution in [0.2, 0.25) is 0 Å². The molecule has 110 valence electrons. The lowest BCUT2D eigenvalue weighted by Crippen LogP contribution is -2.38. The molecule has 0 radical (unpaired) electrons. The lowest BCUT2D eigenvalue weighted by molar-refractivity contribution is -0.125. The van der Waals surface area contributed by atoms with E-state index in [2.05, 4.69) is 31.5 Å². The summed E-state index contributed by atoms with van der Waals surface area (Å²) in [7, 11) is 0. The van der Waals surface area contributed by atoms with Crippen molar-refractivity contribution in [2.75, 3.05) is 6.54 Å². The lowest BCUT2D eigenvalue weighted by Gasteiger charge is -2.04. The van der Waals surface area contributed by atoms with Crippen molar-refractivity contribution in [2.24, 2.45) is 0 Å². The van der Waals surface area contributed by atoms with E-state index in [0.29, 0.717) is 6.04 Å². The predicted octanol–water partition coefficient (Wildman–Crippen LogP) is 2.00. The zero-order valence-corrected chi connectivity index (χ0v) is 13.6. The predicted molar refractivity (Wildman–Crippen MR) is 85.2 cm³/mol. The maximum atomic E-state index is 11.8. The summed E-state index contributed by atoms with van der Waals surface area (Å²) in [6, 6.07) is 6.14. The van der Waals surface area contributed by atoms with Crippen LogP contribution in [-0.4, -0.2) is 29.4 Å². The minimum atomic E-state index is -0.181. The van der Waals surface area contributed by atoms with Gasteiger partial charge in [-0.3, -0.25) is 9.59 Å². The van der Waals surface area contributed by atoms with Gasteiger partial charge in [0.25, 0.3) is 0 Å². The summed E-state index contributed by atoms with van der Waals surface area (Å²) < 4.78 is 2.03. The number of carbonyl (C=O) groups excluding carboxylic acids is 2. The first kappa shape index (κ1) is 14.5. The molecule has 1 fully saturated rings. The Morgan fingerprint density at radius 2 is 2.14 bits per heavy atom. The van der Waals surface area contributed by atoms with Crippen LogP contribution in [0, 0.1) is 0 Å². The smallest absolute Gasteiger partial charge is 0.239 e. The second-order valence-corrected chi connectivity index (χ2v) is 7.05. The van der Waals surface area contributed by atoms with Crippen LogP contribution in [0.25, 0.3) is 10.2 Å². The molecule has 0 aliphatic heterocycles. The molecule has 0 atom stereocenters. The highest BCUT2D eigenvalue weighted by Gasteiger charge is 2.23. The van der Waals surface area contributed by atoms with Crippen molar-refractivity contribution in [1.29, 1.82) is 0 Å². The van der Waals surface area contributed by atoms with Crippen LogP contribution in [0.4, 0.5) is 0 Å². The maximum absolute atomic E-state index is 11.8. The molecule has 0 unspecified atom stereocenters. The summed E-state index contributed by atoms with van der Waals surface area (Å²) in [5, 5.41) is 6.21. The topological polar surface area (TPSA) is 71.1 Å². The molecule has 1 aliphatic rings. The van der Waals surface area contributed by atoms with Gasteiger partial charge in [-0.25, -0.2) is 4.98 Å². The fraction of sp³-hybridized carbons (Fsp3) is 0.357. The molecular formula is C14H14BrN3O2S. The molecule has 1 aliphatic carbocycles. The van der Waals surface area contributed by atoms with Crippen LogP contribution in [-0.2, 0) is 16.0 Å². The van der Waals surface area contributed by atoms with Crippen molar-refractivity contribution in [3.63, 3.8) is 0 Å². The van der Waals surface area contributed by atoms with Gasteiger partial charge in [-0.05, 0) is 31.0 Å². The van der Waals surface area contributed by atoms with Gasteiger partial charge in [-0.2, -0.15) is 0 Å². The van der Waals surface area contributed by atoms with E-state index in [-0.39, 0.29) is 24.8 Å². The fourth-order valence-corrected chi connectivity index (χ4v) is 3.42. The number of hydrogen-bond acceptors (Lipinski definition) is 4. The van der Waals surface area contributed by atoms with E-state index in [1.165, 1.54) is 11.3 Å². The summed E-state index contributed by atoms with van der Waals surface area (Å²) in [5.41, 5.74) is 0.887. The van der Waals surface area contributed by atoms with Gasteiger partial charge < -0.3 is 10.6 Å². The van der Waals surface area contributed by atoms with E-state index >= 15 is 0 Å². The van der Waals surface area contributed by atoms with Crippen molar-refractivity contribution in [1.82, 2.24) is 15.6 Å². The second-order valence-electron chi connectivity index (χ2n) is 5.01. The Hall–Kier alpha value is -1.47. The number of hydrogen-bond donors (Lipinski definition) is 2. The van der Waals surface area contributed by atoms with Crippen molar-refractivity contribution in [3.8, 4) is 0 Å². The number of nitrogens with one attached hydrogen (secondary N) is 2. The van der Waals surface area contributed by atoms with Crippen molar-refractivity contribution < 1.29 is 9.59 Å². The van der Waals surface area contributed by atoms with E-state index in [9.17, 15) is 9.59 Å². The van der Waals surface area contributed by atoms with E-state index < -0.39 is 0 Å². The lowest BCUT2D eigenvalue weighted by atomic mass is 10.3. The van der Waals surface area contributed by atoms with Gasteiger partial charge in [0.05, 0.1) is 23.2 Å². The number of amides is 2. The highest BCUT2D eigenvalue weighted by molar-refractivity contribution is 9.10. The van der Waals surface area contributed by atoms with E-state index in [1.54, 1.807) is 0 Å². The number of rotatable bonds is 5. The molecule has 0 bridgehead atoms. The van der Waals surface area contributed by atoms with Gasteiger partial charge in [0.1, 0.15) is 5.01 Å². The Morgan fingerprint density at radius 1 is 1.33 bits per heavy atom. The van der Waals surface area contributed by atoms with Crippen LogP contribution < -0.4 is 10.6 Å². The number of nitrogens with zero attached hydrogens (tertiary/aromatic N) is 1. The van der Waals surface area contributed by atoms with E-state index in [1.807, 2.05) is 18.2 Å². The molecule has 1 heterocycles. The molecule has 1 aromatic heterocycles. The molecule has 3 rings (SSSR count). The van der Waals surface area contributed by atoms with Crippen LogP contribution in [0.3, 0.4) is 0 Å². The third kappa shape index (κ3) is 4.01. The third-order valence-electron chi connectivity index (χ3n) is 3.10. The van der Waals surface area contributed by atoms with Crippen LogP contribution in [0.1, 0.15) is 17.8 Å². The maximum Gasteiger partial charge on any atom is 0.239 e. The van der Waals surface area contributed by atoms with Crippen molar-refractivity contribution in [3.05, 3.63) is 27.7 Å². The van der Waals surface area contributed by atoms with Gasteiger partial charge in [0.2, 0.25) is 11.8 Å². The standard InChI is InChI=1S/C14H14BrN3O2S/c15-8-1-4-10-11(5-8)21-14(18-10)6-12(19)16-7-13(20)17-9-2-3-9/h1,4-5,9H,2-3,6-7H2,(H,16,19)(H,17,20). The number of benzene rings is 1. The van der Waals surface area contributed by atoms with Gasteiger partial charge >= 0.3 is 0 Å². The molecule has 1 saturated carbocycles. The number of halogens is 1. The number of fused-ring (bicyclic) bond motifs is 1. The molecule has 1 aromatic carbocycles. The first-order chi connectivity index (χ1) is 10.1. The molecule has 2 amide bonds. The molecule has 7 heteroatoms. The van der Waals surface area contributed by atoms with Crippen LogP contribution in [0.5, 0.6) is 0 Å². The molecule has 21 heavy (non-hydrogen) atoms. The van der Waals surface area contributed by atoms with E-state index in [4.69, 9.17) is 0 Å². The first-order valence-electron chi connectivity index (χ1n) is 6.71. The van der Waals surface area contributed by atoms with Crippen LogP contribution >= 0.6 is 27.3 Å². The SMILES string of the molecule is O=C(Cc1nc2ccc(Br)cc2s1)NCC(=O)NC1CC1. The summed E-state index contributed by atoms with van der Waals surface area (Å²) >= 11 is 4.91. The molecule has 0 spiro atoms. The zero-order chi connectivity index (χ0) is 14.8. The number of thiazole rings is 1. The number of carbonyl (C=O) groups is 2. The molecule has 0 saturated heterocycles. The Balaban J connectivity index is 1.54. The van der Waals surface area contributed by atoms with Crippen LogP contribution in [0.15, 0.2) is 22.7 Å². The summed E-state index contributed by atoms with van der Waals surface area (Å²) in [6.07, 6.45) is 2.29. The molecule has 5 nitrogen and oxygen atoms in total. The highest BCUT2D eigenvalue weighted by atomic mass is 79.9. The van der Waals surface area contributed by atoms with Crippen molar-refractivity contribution in [2.45, 2.75) is 25.3 Å². The summed E-state index contributed by atoms with van der Waals surface area (Å²) in [5.74, 6) is -0.307. The average molecular weight is 368 g/mol. The Morgan fingerprint density at radius 3 is 2.90 bits per heavy atom. The molecule has 2 aromatic rings. The minimum absolute atomic E-state index is 0.0335. The quantitative estimate of drug-likeness (QED) is 0.848. The Labute approximate surface area is 134 Å². The second kappa shape index (κ2) is 6.11. The molecular weight excluding hydrogens is 354 g/mol. The Kier molecular flexibility index (Phi) is 4.21. The largest absolute Gasteiger partial charge is 0.352 e. The van der Waals surface area contributed by atoms with Gasteiger partial charge in [-0.15, -0.1) is 11.3 Å².